The summed E-state index contributed by atoms with van der Waals surface area (Å²) in [6, 6.07) is 4.34. The minimum atomic E-state index is -3.71. The van der Waals surface area contributed by atoms with Gasteiger partial charge in [0.05, 0.1) is 0 Å². The average Bonchev–Trinajstić information content (AvgIpc) is 3.18. The van der Waals surface area contributed by atoms with Gasteiger partial charge in [-0.15, -0.1) is 0 Å². The number of carbonyl (C=O) groups is 2. The van der Waals surface area contributed by atoms with Crippen LogP contribution in [-0.4, -0.2) is 166 Å². The Morgan fingerprint density at radius 1 is 0.286 bits per heavy atom. The summed E-state index contributed by atoms with van der Waals surface area (Å²) in [6.45, 7) is 47.5. The zero-order chi connectivity index (χ0) is 59.0. The fraction of sp³-hybridized carbons (Fsp3) is 0.944. The minimum absolute atomic E-state index is 0. The Kier molecular flexibility index (Phi) is 25.5. The van der Waals surface area contributed by atoms with Crippen molar-refractivity contribution in [3.63, 3.8) is 0 Å². The van der Waals surface area contributed by atoms with Crippen molar-refractivity contribution in [2.45, 2.75) is 222 Å². The molecule has 77 heavy (non-hydrogen) atoms. The Bertz CT molecular complexity index is 1800. The van der Waals surface area contributed by atoms with Gasteiger partial charge < -0.3 is 98.0 Å². The molecule has 0 radical (unpaired) electrons. The van der Waals surface area contributed by atoms with Gasteiger partial charge >= 0.3 is 139 Å². The van der Waals surface area contributed by atoms with Crippen molar-refractivity contribution in [2.24, 2.45) is 0 Å². The number of rotatable bonds is 14. The van der Waals surface area contributed by atoms with Crippen molar-refractivity contribution in [1.29, 1.82) is 0 Å². The fourth-order valence-electron chi connectivity index (χ4n) is 9.24. The molecule has 4 fully saturated rings. The van der Waals surface area contributed by atoms with Gasteiger partial charge in [-0.25, -0.2) is 0 Å². The molecule has 0 saturated carbocycles. The molecule has 456 valence electrons. The Morgan fingerprint density at radius 3 is 0.545 bits per heavy atom. The number of hydrogen-bond donors (Lipinski definition) is 2. The second-order valence-electron chi connectivity index (χ2n) is 21.9. The third-order valence-electron chi connectivity index (χ3n) is 13.0. The van der Waals surface area contributed by atoms with E-state index in [1.54, 1.807) is 26.2 Å². The van der Waals surface area contributed by atoms with Crippen molar-refractivity contribution in [2.75, 3.05) is 0 Å². The predicted octanol–water partition coefficient (Wildman–Crippen LogP) is 7.90. The van der Waals surface area contributed by atoms with E-state index in [9.17, 15) is 19.2 Å². The average molecular weight is 1380 g/mol. The zero-order valence-corrected chi connectivity index (χ0v) is 67.0. The first kappa shape index (κ1) is 74.7. The van der Waals surface area contributed by atoms with Gasteiger partial charge in [0, 0.05) is 66.2 Å². The second kappa shape index (κ2) is 26.3. The molecule has 25 nitrogen and oxygen atoms in total. The van der Waals surface area contributed by atoms with E-state index in [1.165, 1.54) is 13.8 Å². The molecule has 0 bridgehead atoms. The molecule has 4 heterocycles. The Labute approximate surface area is 477 Å². The minimum Gasteiger partial charge on any atom is -0.475 e. The Hall–Kier alpha value is 1.57. The van der Waals surface area contributed by atoms with Gasteiger partial charge in [-0.3, -0.25) is 9.59 Å². The highest BCUT2D eigenvalue weighted by Crippen LogP contribution is 2.43. The zero-order valence-electron chi connectivity index (χ0n) is 51.0. The van der Waals surface area contributed by atoms with Crippen LogP contribution in [0.1, 0.15) is 69.2 Å². The Morgan fingerprint density at radius 2 is 0.416 bits per heavy atom. The van der Waals surface area contributed by atoms with Gasteiger partial charge in [-0.05, 0) is 101 Å². The van der Waals surface area contributed by atoms with E-state index < -0.39 is 151 Å². The van der Waals surface area contributed by atoms with Crippen molar-refractivity contribution < 1.29 is 108 Å². The van der Waals surface area contributed by atoms with Crippen LogP contribution < -0.4 is 0 Å². The summed E-state index contributed by atoms with van der Waals surface area (Å²) in [4.78, 5) is 45.5. The summed E-state index contributed by atoms with van der Waals surface area (Å²) in [7, 11) is -52.7. The van der Waals surface area contributed by atoms with Gasteiger partial charge in [-0.2, -0.15) is 0 Å². The van der Waals surface area contributed by atoms with Gasteiger partial charge in [0.1, 0.15) is 0 Å². The number of carbonyl (C=O) groups excluding carboxylic acids is 2. The van der Waals surface area contributed by atoms with E-state index in [2.05, 4.69) is 0 Å². The van der Waals surface area contributed by atoms with Crippen LogP contribution in [0.25, 0.3) is 0 Å². The molecule has 0 spiro atoms. The quantitative estimate of drug-likeness (QED) is 0.156. The molecule has 4 aliphatic heterocycles. The third-order valence-corrected chi connectivity index (χ3v) is 82.0. The van der Waals surface area contributed by atoms with Crippen LogP contribution in [-0.2, 0) is 92.5 Å². The van der Waals surface area contributed by atoms with Gasteiger partial charge in [-0.1, -0.05) is 55.4 Å². The molecule has 4 saturated heterocycles. The van der Waals surface area contributed by atoms with Crippen LogP contribution in [0.4, 0.5) is 0 Å². The molecule has 0 amide bonds. The van der Waals surface area contributed by atoms with Gasteiger partial charge in [0.25, 0.3) is 11.9 Å². The molecule has 4 unspecified atom stereocenters. The highest BCUT2D eigenvalue weighted by Gasteiger charge is 2.68. The van der Waals surface area contributed by atoms with Crippen molar-refractivity contribution in [3.05, 3.63) is 0 Å². The first-order valence-corrected chi connectivity index (χ1v) is 64.6. The number of hydrogen-bond acceptors (Lipinski definition) is 24. The molecule has 4 rings (SSSR count). The molecule has 0 aromatic carbocycles. The summed E-state index contributed by atoms with van der Waals surface area (Å²) in [6.07, 6.45) is 0. The SMILES string of the molecule is CC[Si]1(C)O[Si](C)(O)O[Si](C)(CC)O[Si](C)(O[Si]2(C)O[Si](C)(CC)O[Si](C)(O[Si]3(C)O[Si](C)(CC)O[Si](C)(O)O[Si](C)(CC)O3)O[Si](C)(CC)O2)O1.CC[Si]1(C)O[Si](C)(OC(C)=O)O[Si](C)(CC)O[Si](C)(OC(C)=O)O1.O. The lowest BCUT2D eigenvalue weighted by Crippen LogP contribution is -2.75. The summed E-state index contributed by atoms with van der Waals surface area (Å²) in [5.41, 5.74) is 0. The monoisotopic (exact) mass is 1380 g/mol. The van der Waals surface area contributed by atoms with Crippen molar-refractivity contribution >= 4 is 151 Å². The van der Waals surface area contributed by atoms with E-state index in [1.807, 2.05) is 134 Å². The molecular weight excluding hydrogens is 1280 g/mol. The summed E-state index contributed by atoms with van der Waals surface area (Å²) in [5, 5.41) is 0. The summed E-state index contributed by atoms with van der Waals surface area (Å²) >= 11 is 0. The third kappa shape index (κ3) is 21.5. The summed E-state index contributed by atoms with van der Waals surface area (Å²) < 4.78 is 131. The smallest absolute Gasteiger partial charge is 0.475 e. The molecule has 4 aliphatic rings. The lowest BCUT2D eigenvalue weighted by molar-refractivity contribution is -0.135. The highest BCUT2D eigenvalue weighted by atomic mass is 28.6. The molecule has 41 heteroatoms. The molecule has 4 N–H and O–H groups in total. The van der Waals surface area contributed by atoms with Gasteiger partial charge in [0.2, 0.25) is 0 Å². The van der Waals surface area contributed by atoms with Crippen LogP contribution in [0, 0.1) is 0 Å². The molecular formula is C36H98O25Si16. The normalized spacial score (nSPS) is 48.3. The van der Waals surface area contributed by atoms with Crippen LogP contribution in [0.3, 0.4) is 0 Å². The maximum atomic E-state index is 11.5. The topological polar surface area (TPSA) is 291 Å². The largest absolute Gasteiger partial charge is 0.546 e. The Balaban J connectivity index is 0.000000679. The summed E-state index contributed by atoms with van der Waals surface area (Å²) in [5.74, 6) is -0.936. The maximum Gasteiger partial charge on any atom is 0.546 e. The fourth-order valence-corrected chi connectivity index (χ4v) is 89.0. The highest BCUT2D eigenvalue weighted by molar-refractivity contribution is 6.98. The van der Waals surface area contributed by atoms with E-state index in [-0.39, 0.29) is 5.48 Å². The first-order valence-electron chi connectivity index (χ1n) is 26.5. The van der Waals surface area contributed by atoms with Crippen molar-refractivity contribution in [1.82, 2.24) is 0 Å². The van der Waals surface area contributed by atoms with Crippen LogP contribution in [0.2, 0.25) is 153 Å². The van der Waals surface area contributed by atoms with Crippen LogP contribution in [0.5, 0.6) is 0 Å². The maximum absolute atomic E-state index is 11.5. The van der Waals surface area contributed by atoms with E-state index in [0.29, 0.717) is 48.4 Å². The van der Waals surface area contributed by atoms with Gasteiger partial charge in [0.15, 0.2) is 0 Å². The van der Waals surface area contributed by atoms with E-state index >= 15 is 0 Å². The van der Waals surface area contributed by atoms with Crippen LogP contribution >= 0.6 is 0 Å². The van der Waals surface area contributed by atoms with Crippen LogP contribution in [0.15, 0.2) is 0 Å². The molecule has 4 atom stereocenters. The first-order chi connectivity index (χ1) is 34.0. The second-order valence-corrected chi connectivity index (χ2v) is 74.7. The van der Waals surface area contributed by atoms with E-state index in [0.717, 1.165) is 0 Å². The molecule has 0 aliphatic carbocycles. The van der Waals surface area contributed by atoms with Crippen molar-refractivity contribution in [3.8, 4) is 0 Å². The van der Waals surface area contributed by atoms with E-state index in [4.69, 9.17) is 82.9 Å². The standard InChI is InChI=1S/C24H68O16Si12.C12H28O8Si4.H2O/c1-19-41(7)27-47(13,25)28-42(8,20-2)32-49(15,31-41)39-51(17)35-45(11,23-5)37-52(18,38-46(12,24-6)36-51)40-50(16)33-43(9,21-3)29-48(14,26)30-44(10,22-4)34-50;1-9-21(5)17-23(7,15-11(3)13)19-22(6,10-2)20-24(8,18-21)16-12(4)14;/h25-26H,19-24H2,1-18H3;9-10H2,1-8H3;1H2. The lowest BCUT2D eigenvalue weighted by Gasteiger charge is -2.53. The molecule has 0 aromatic heterocycles. The molecule has 0 aromatic rings. The predicted molar refractivity (Wildman–Crippen MR) is 321 cm³/mol. The lowest BCUT2D eigenvalue weighted by atomic mass is 10.9.